The molecule has 186 valence electrons. The minimum Gasteiger partial charge on any atom is -0.464 e. The van der Waals surface area contributed by atoms with Crippen LogP contribution in [0.2, 0.25) is 0 Å². The van der Waals surface area contributed by atoms with Crippen molar-refractivity contribution in [2.45, 2.75) is 0 Å². The Hall–Kier alpha value is -5.34. The highest BCUT2D eigenvalue weighted by atomic mass is 16.3. The Morgan fingerprint density at radius 2 is 0.950 bits per heavy atom. The molecule has 0 fully saturated rings. The second-order valence-electron chi connectivity index (χ2n) is 10.5. The predicted molar refractivity (Wildman–Crippen MR) is 167 cm³/mol. The van der Waals surface area contributed by atoms with Gasteiger partial charge in [-0.3, -0.25) is 0 Å². The van der Waals surface area contributed by atoms with Gasteiger partial charge in [0.25, 0.3) is 0 Å². The maximum Gasteiger partial charge on any atom is 0.135 e. The second-order valence-corrected chi connectivity index (χ2v) is 10.5. The highest BCUT2D eigenvalue weighted by molar-refractivity contribution is 6.24. The summed E-state index contributed by atoms with van der Waals surface area (Å²) in [6.45, 7) is 0. The van der Waals surface area contributed by atoms with Crippen LogP contribution in [0.4, 0.5) is 0 Å². The largest absolute Gasteiger partial charge is 0.464 e. The Labute approximate surface area is 229 Å². The van der Waals surface area contributed by atoms with Crippen molar-refractivity contribution in [2.24, 2.45) is 0 Å². The summed E-state index contributed by atoms with van der Waals surface area (Å²) in [6, 6.07) is 45.2. The molecule has 0 spiro atoms. The Morgan fingerprint density at radius 1 is 0.375 bits per heavy atom. The molecule has 9 rings (SSSR count). The molecule has 0 bridgehead atoms. The SMILES string of the molecule is c1ccc2cc3c(-c4c5ccccc5c(-c5ccc6oc7ccccc7c6c5)c5ccccc45)coc3cc2c1. The average Bonchev–Trinajstić information content (AvgIpc) is 3.59. The first-order valence-electron chi connectivity index (χ1n) is 13.6. The third-order valence-corrected chi connectivity index (χ3v) is 8.31. The molecule has 0 atom stereocenters. The van der Waals surface area contributed by atoms with Crippen molar-refractivity contribution in [3.8, 4) is 22.3 Å². The van der Waals surface area contributed by atoms with Crippen molar-refractivity contribution in [1.82, 2.24) is 0 Å². The first-order valence-corrected chi connectivity index (χ1v) is 13.6. The molecule has 0 aliphatic heterocycles. The van der Waals surface area contributed by atoms with E-state index in [-0.39, 0.29) is 0 Å². The zero-order valence-electron chi connectivity index (χ0n) is 21.5. The van der Waals surface area contributed by atoms with Crippen molar-refractivity contribution < 1.29 is 8.83 Å². The van der Waals surface area contributed by atoms with Crippen LogP contribution in [-0.4, -0.2) is 0 Å². The predicted octanol–water partition coefficient (Wildman–Crippen LogP) is 11.1. The average molecular weight is 511 g/mol. The van der Waals surface area contributed by atoms with Crippen LogP contribution >= 0.6 is 0 Å². The van der Waals surface area contributed by atoms with Gasteiger partial charge in [-0.2, -0.15) is 0 Å². The molecule has 9 aromatic rings. The fourth-order valence-electron chi connectivity index (χ4n) is 6.52. The monoisotopic (exact) mass is 510 g/mol. The van der Waals surface area contributed by atoms with E-state index in [2.05, 4.69) is 115 Å². The fraction of sp³-hybridized carbons (Fsp3) is 0. The van der Waals surface area contributed by atoms with Gasteiger partial charge < -0.3 is 8.83 Å². The lowest BCUT2D eigenvalue weighted by molar-refractivity contribution is 0.617. The van der Waals surface area contributed by atoms with E-state index >= 15 is 0 Å². The molecular formula is C38H22O2. The lowest BCUT2D eigenvalue weighted by Crippen LogP contribution is -1.90. The Morgan fingerprint density at radius 3 is 1.68 bits per heavy atom. The molecule has 0 radical (unpaired) electrons. The van der Waals surface area contributed by atoms with Gasteiger partial charge in [-0.15, -0.1) is 0 Å². The van der Waals surface area contributed by atoms with Gasteiger partial charge in [-0.1, -0.05) is 97.1 Å². The molecule has 7 aromatic carbocycles. The first-order chi connectivity index (χ1) is 19.8. The van der Waals surface area contributed by atoms with Crippen LogP contribution in [0.25, 0.3) is 87.5 Å². The van der Waals surface area contributed by atoms with Gasteiger partial charge in [0.05, 0.1) is 6.26 Å². The third kappa shape index (κ3) is 2.99. The number of hydrogen-bond donors (Lipinski definition) is 0. The topological polar surface area (TPSA) is 26.3 Å². The first kappa shape index (κ1) is 21.6. The lowest BCUT2D eigenvalue weighted by Gasteiger charge is -2.17. The summed E-state index contributed by atoms with van der Waals surface area (Å²) in [5.41, 5.74) is 7.48. The van der Waals surface area contributed by atoms with Crippen molar-refractivity contribution in [3.05, 3.63) is 134 Å². The Balaban J connectivity index is 1.40. The minimum absolute atomic E-state index is 0.906. The quantitative estimate of drug-likeness (QED) is 0.216. The van der Waals surface area contributed by atoms with Gasteiger partial charge in [0.1, 0.15) is 16.7 Å². The molecule has 2 aromatic heterocycles. The van der Waals surface area contributed by atoms with E-state index in [1.807, 2.05) is 18.4 Å². The van der Waals surface area contributed by atoms with E-state index in [1.54, 1.807) is 0 Å². The summed E-state index contributed by atoms with van der Waals surface area (Å²) in [5, 5.41) is 10.7. The molecule has 0 aliphatic rings. The highest BCUT2D eigenvalue weighted by Crippen LogP contribution is 2.46. The van der Waals surface area contributed by atoms with Gasteiger partial charge in [0.15, 0.2) is 0 Å². The summed E-state index contributed by atoms with van der Waals surface area (Å²) in [4.78, 5) is 0. The van der Waals surface area contributed by atoms with E-state index < -0.39 is 0 Å². The normalized spacial score (nSPS) is 12.0. The smallest absolute Gasteiger partial charge is 0.135 e. The maximum atomic E-state index is 6.19. The van der Waals surface area contributed by atoms with Crippen molar-refractivity contribution >= 4 is 65.2 Å². The van der Waals surface area contributed by atoms with Crippen molar-refractivity contribution in [3.63, 3.8) is 0 Å². The number of hydrogen-bond acceptors (Lipinski definition) is 2. The number of rotatable bonds is 2. The maximum absolute atomic E-state index is 6.19. The Kier molecular flexibility index (Phi) is 4.36. The van der Waals surface area contributed by atoms with Gasteiger partial charge in [0.2, 0.25) is 0 Å². The highest BCUT2D eigenvalue weighted by Gasteiger charge is 2.20. The summed E-state index contributed by atoms with van der Waals surface area (Å²) in [6.07, 6.45) is 1.93. The second kappa shape index (κ2) is 8.08. The van der Waals surface area contributed by atoms with Gasteiger partial charge in [-0.25, -0.2) is 0 Å². The summed E-state index contributed by atoms with van der Waals surface area (Å²) in [5.74, 6) is 0. The molecule has 2 heteroatoms. The van der Waals surface area contributed by atoms with Crippen molar-refractivity contribution in [2.75, 3.05) is 0 Å². The zero-order valence-corrected chi connectivity index (χ0v) is 21.5. The van der Waals surface area contributed by atoms with Crippen LogP contribution in [0.3, 0.4) is 0 Å². The van der Waals surface area contributed by atoms with Crippen LogP contribution in [0, 0.1) is 0 Å². The lowest BCUT2D eigenvalue weighted by atomic mass is 9.85. The molecule has 0 saturated heterocycles. The van der Waals surface area contributed by atoms with Crippen LogP contribution in [-0.2, 0) is 0 Å². The van der Waals surface area contributed by atoms with Crippen LogP contribution in [0.5, 0.6) is 0 Å². The molecule has 40 heavy (non-hydrogen) atoms. The molecule has 0 amide bonds. The standard InChI is InChI=1S/C38H22O2/c1-2-10-24-21-36-32(19-23(24)9-1)33(22-39-36)38-29-14-5-3-12-27(29)37(28-13-4-6-15-30(28)38)25-17-18-35-31(20-25)26-11-7-8-16-34(26)40-35/h1-22H. The van der Waals surface area contributed by atoms with Crippen LogP contribution in [0.15, 0.2) is 142 Å². The molecule has 0 unspecified atom stereocenters. The molecule has 2 nitrogen and oxygen atoms in total. The molecule has 0 aliphatic carbocycles. The van der Waals surface area contributed by atoms with E-state index in [4.69, 9.17) is 8.83 Å². The van der Waals surface area contributed by atoms with Crippen molar-refractivity contribution in [1.29, 1.82) is 0 Å². The molecule has 0 N–H and O–H groups in total. The summed E-state index contributed by atoms with van der Waals surface area (Å²) < 4.78 is 12.3. The van der Waals surface area contributed by atoms with Gasteiger partial charge >= 0.3 is 0 Å². The van der Waals surface area contributed by atoms with Crippen LogP contribution < -0.4 is 0 Å². The molecular weight excluding hydrogens is 488 g/mol. The van der Waals surface area contributed by atoms with E-state index in [1.165, 1.54) is 49.0 Å². The number of fused-ring (bicyclic) bond motifs is 7. The Bertz CT molecular complexity index is 2380. The van der Waals surface area contributed by atoms with Gasteiger partial charge in [0, 0.05) is 27.3 Å². The fourth-order valence-corrected chi connectivity index (χ4v) is 6.52. The third-order valence-electron chi connectivity index (χ3n) is 8.31. The molecule has 2 heterocycles. The van der Waals surface area contributed by atoms with E-state index in [9.17, 15) is 0 Å². The summed E-state index contributed by atoms with van der Waals surface area (Å²) in [7, 11) is 0. The number of para-hydroxylation sites is 1. The summed E-state index contributed by atoms with van der Waals surface area (Å²) >= 11 is 0. The van der Waals surface area contributed by atoms with E-state index in [0.29, 0.717) is 0 Å². The number of benzene rings is 7. The molecule has 0 saturated carbocycles. The zero-order chi connectivity index (χ0) is 26.2. The number of furan rings is 2. The van der Waals surface area contributed by atoms with E-state index in [0.717, 1.165) is 38.5 Å². The van der Waals surface area contributed by atoms with Crippen LogP contribution in [0.1, 0.15) is 0 Å². The van der Waals surface area contributed by atoms with Gasteiger partial charge in [-0.05, 0) is 73.8 Å². The minimum atomic E-state index is 0.906.